The van der Waals surface area contributed by atoms with Crippen LogP contribution < -0.4 is 16.3 Å². The predicted molar refractivity (Wildman–Crippen MR) is 39.0 cm³/mol. The zero-order valence-electron chi connectivity index (χ0n) is 5.78. The Balaban J connectivity index is 0.000000112. The highest BCUT2D eigenvalue weighted by Crippen LogP contribution is 1.80. The average molecular weight is 155 g/mol. The Kier molecular flexibility index (Phi) is 3.53. The van der Waals surface area contributed by atoms with Gasteiger partial charge in [-0.15, -0.1) is 0 Å². The van der Waals surface area contributed by atoms with Crippen molar-refractivity contribution in [2.75, 3.05) is 0 Å². The normalized spacial score (nSPS) is 16.7. The number of hydrogen-bond acceptors (Lipinski definition) is 5. The molecule has 5 nitrogen and oxygen atoms in total. The second-order valence-corrected chi connectivity index (χ2v) is 1.61. The molecule has 2 rings (SSSR count). The number of allylic oxidation sites excluding steroid dienone is 2. The van der Waals surface area contributed by atoms with Gasteiger partial charge < -0.3 is 15.7 Å². The van der Waals surface area contributed by atoms with Gasteiger partial charge in [0.2, 0.25) is 0 Å². The van der Waals surface area contributed by atoms with E-state index in [0.717, 1.165) is 0 Å². The van der Waals surface area contributed by atoms with Gasteiger partial charge in [-0.05, 0) is 12.2 Å². The van der Waals surface area contributed by atoms with Crippen LogP contribution in [0, 0.1) is 0 Å². The molecule has 60 valence electrons. The lowest BCUT2D eigenvalue weighted by atomic mass is 10.5. The monoisotopic (exact) mass is 155 g/mol. The maximum absolute atomic E-state index is 4.15. The van der Waals surface area contributed by atoms with Crippen LogP contribution in [0.15, 0.2) is 37.0 Å². The highest BCUT2D eigenvalue weighted by Gasteiger charge is 1.81. The Labute approximate surface area is 64.2 Å². The quantitative estimate of drug-likeness (QED) is 0.431. The van der Waals surface area contributed by atoms with E-state index in [1.807, 2.05) is 24.6 Å². The van der Waals surface area contributed by atoms with Gasteiger partial charge in [0, 0.05) is 12.4 Å². The van der Waals surface area contributed by atoms with Crippen molar-refractivity contribution < 1.29 is 9.88 Å². The van der Waals surface area contributed by atoms with Gasteiger partial charge >= 0.3 is 0 Å². The van der Waals surface area contributed by atoms with Crippen molar-refractivity contribution in [1.82, 2.24) is 16.3 Å². The van der Waals surface area contributed by atoms with Gasteiger partial charge in [-0.1, -0.05) is 4.99 Å². The van der Waals surface area contributed by atoms with Crippen LogP contribution in [0.5, 0.6) is 0 Å². The van der Waals surface area contributed by atoms with E-state index in [1.165, 1.54) is 6.26 Å². The van der Waals surface area contributed by atoms with Crippen LogP contribution in [0.2, 0.25) is 0 Å². The van der Waals surface area contributed by atoms with Crippen molar-refractivity contribution in [1.29, 1.82) is 0 Å². The Hall–Kier alpha value is -1.62. The SMILES string of the molecule is C1=CNNC=C1.C1=COON1. The molecule has 2 heterocycles. The molecule has 0 spiro atoms. The highest BCUT2D eigenvalue weighted by molar-refractivity contribution is 5.03. The Bertz CT molecular complexity index is 159. The van der Waals surface area contributed by atoms with Gasteiger partial charge in [0.05, 0.1) is 6.20 Å². The fourth-order valence-electron chi connectivity index (χ4n) is 0.442. The van der Waals surface area contributed by atoms with Gasteiger partial charge in [-0.3, -0.25) is 0 Å². The van der Waals surface area contributed by atoms with E-state index in [4.69, 9.17) is 0 Å². The van der Waals surface area contributed by atoms with Crippen molar-refractivity contribution in [3.63, 3.8) is 0 Å². The molecule has 11 heavy (non-hydrogen) atoms. The molecule has 0 unspecified atom stereocenters. The van der Waals surface area contributed by atoms with Crippen molar-refractivity contribution >= 4 is 0 Å². The summed E-state index contributed by atoms with van der Waals surface area (Å²) in [5.41, 5.74) is 7.85. The molecule has 0 saturated carbocycles. The van der Waals surface area contributed by atoms with Gasteiger partial charge in [-0.25, -0.2) is 5.48 Å². The fourth-order valence-corrected chi connectivity index (χ4v) is 0.442. The first-order valence-corrected chi connectivity index (χ1v) is 3.06. The zero-order valence-corrected chi connectivity index (χ0v) is 5.78. The van der Waals surface area contributed by atoms with E-state index in [1.54, 1.807) is 6.20 Å². The molecular weight excluding hydrogens is 146 g/mol. The minimum atomic E-state index is 1.40. The maximum Gasteiger partial charge on any atom is 0.150 e. The van der Waals surface area contributed by atoms with E-state index in [0.29, 0.717) is 0 Å². The third-order valence-corrected chi connectivity index (χ3v) is 0.841. The van der Waals surface area contributed by atoms with Gasteiger partial charge in [0.15, 0.2) is 0 Å². The summed E-state index contributed by atoms with van der Waals surface area (Å²) in [6, 6.07) is 0. The smallest absolute Gasteiger partial charge is 0.150 e. The van der Waals surface area contributed by atoms with Crippen LogP contribution in [-0.2, 0) is 9.88 Å². The summed E-state index contributed by atoms with van der Waals surface area (Å²) in [6.45, 7) is 0. The number of nitrogens with one attached hydrogen (secondary N) is 3. The van der Waals surface area contributed by atoms with Crippen LogP contribution in [0.25, 0.3) is 0 Å². The first-order chi connectivity index (χ1) is 5.50. The molecular formula is C6H9N3O2. The summed E-state index contributed by atoms with van der Waals surface area (Å²) in [4.78, 5) is 8.24. The van der Waals surface area contributed by atoms with Crippen LogP contribution in [-0.4, -0.2) is 0 Å². The first kappa shape index (κ1) is 7.49. The Morgan fingerprint density at radius 2 is 1.64 bits per heavy atom. The third kappa shape index (κ3) is 3.88. The van der Waals surface area contributed by atoms with Crippen LogP contribution in [0.4, 0.5) is 0 Å². The second-order valence-electron chi connectivity index (χ2n) is 1.61. The largest absolute Gasteiger partial charge is 0.321 e. The number of hydroxylamine groups is 1. The van der Waals surface area contributed by atoms with Crippen LogP contribution >= 0.6 is 0 Å². The molecule has 0 radical (unpaired) electrons. The molecule has 0 saturated heterocycles. The summed E-state index contributed by atoms with van der Waals surface area (Å²) in [5, 5.41) is 0. The van der Waals surface area contributed by atoms with E-state index in [-0.39, 0.29) is 0 Å². The van der Waals surface area contributed by atoms with Gasteiger partial charge in [0.25, 0.3) is 0 Å². The van der Waals surface area contributed by atoms with E-state index in [9.17, 15) is 0 Å². The summed E-state index contributed by atoms with van der Waals surface area (Å²) in [5.74, 6) is 0. The summed E-state index contributed by atoms with van der Waals surface area (Å²) < 4.78 is 0. The molecule has 2 aliphatic heterocycles. The lowest BCUT2D eigenvalue weighted by Gasteiger charge is -1.99. The molecule has 0 bridgehead atoms. The molecule has 0 aromatic rings. The number of hydrazine groups is 1. The second kappa shape index (κ2) is 5.19. The lowest BCUT2D eigenvalue weighted by Crippen LogP contribution is -2.21. The molecule has 0 atom stereocenters. The van der Waals surface area contributed by atoms with Crippen LogP contribution in [0.1, 0.15) is 0 Å². The Morgan fingerprint density at radius 3 is 1.82 bits per heavy atom. The fraction of sp³-hybridized carbons (Fsp3) is 0. The van der Waals surface area contributed by atoms with Crippen molar-refractivity contribution in [3.8, 4) is 0 Å². The summed E-state index contributed by atoms with van der Waals surface area (Å²) in [6.07, 6.45) is 10.4. The molecule has 0 aromatic heterocycles. The lowest BCUT2D eigenvalue weighted by molar-refractivity contribution is -0.264. The summed E-state index contributed by atoms with van der Waals surface area (Å²) >= 11 is 0. The van der Waals surface area contributed by atoms with Crippen LogP contribution in [0.3, 0.4) is 0 Å². The molecule has 2 aliphatic rings. The molecule has 0 aliphatic carbocycles. The minimum Gasteiger partial charge on any atom is -0.321 e. The van der Waals surface area contributed by atoms with Crippen molar-refractivity contribution in [2.24, 2.45) is 0 Å². The first-order valence-electron chi connectivity index (χ1n) is 3.06. The molecule has 0 amide bonds. The van der Waals surface area contributed by atoms with E-state index < -0.39 is 0 Å². The van der Waals surface area contributed by atoms with Crippen molar-refractivity contribution in [3.05, 3.63) is 37.0 Å². The van der Waals surface area contributed by atoms with E-state index >= 15 is 0 Å². The van der Waals surface area contributed by atoms with Crippen molar-refractivity contribution in [2.45, 2.75) is 0 Å². The average Bonchev–Trinajstić information content (AvgIpc) is 2.64. The molecule has 5 heteroatoms. The Morgan fingerprint density at radius 1 is 0.909 bits per heavy atom. The standard InChI is InChI=1S/C4H6N2.C2H3NO2/c1-2-4-6-5-3-1;1-2-4-5-3-1/h1-6H;1-3H. The topological polar surface area (TPSA) is 54.5 Å². The summed E-state index contributed by atoms with van der Waals surface area (Å²) in [7, 11) is 0. The van der Waals surface area contributed by atoms with E-state index in [2.05, 4.69) is 26.2 Å². The molecule has 0 fully saturated rings. The molecule has 0 aromatic carbocycles. The number of hydrogen-bond donors (Lipinski definition) is 3. The third-order valence-electron chi connectivity index (χ3n) is 0.841. The molecule has 3 N–H and O–H groups in total. The maximum atomic E-state index is 4.15. The number of rotatable bonds is 0. The van der Waals surface area contributed by atoms with Gasteiger partial charge in [0.1, 0.15) is 6.26 Å². The van der Waals surface area contributed by atoms with Gasteiger partial charge in [-0.2, -0.15) is 0 Å². The minimum absolute atomic E-state index is 1.40. The predicted octanol–water partition coefficient (Wildman–Crippen LogP) is 0.0456. The highest BCUT2D eigenvalue weighted by atomic mass is 17.3. The zero-order chi connectivity index (χ0) is 7.78.